The second-order valence-electron chi connectivity index (χ2n) is 5.67. The van der Waals surface area contributed by atoms with Crippen LogP contribution in [-0.4, -0.2) is 10.9 Å². The third kappa shape index (κ3) is 4.35. The molecule has 0 unspecified atom stereocenters. The highest BCUT2D eigenvalue weighted by Gasteiger charge is 2.22. The van der Waals surface area contributed by atoms with Gasteiger partial charge in [-0.15, -0.1) is 11.3 Å². The number of hydrogen-bond acceptors (Lipinski definition) is 5. The molecule has 3 rings (SSSR count). The number of nitrogens with one attached hydrogen (secondary N) is 3. The Morgan fingerprint density at radius 3 is 2.79 bits per heavy atom. The number of carbonyl (C=O) groups is 1. The molecule has 0 aliphatic carbocycles. The highest BCUT2D eigenvalue weighted by molar-refractivity contribution is 9.10. The van der Waals surface area contributed by atoms with Gasteiger partial charge < -0.3 is 10.6 Å². The first-order valence-electron chi connectivity index (χ1n) is 8.04. The Labute approximate surface area is 178 Å². The standard InChI is InChI=1S/C19H15BrClFN4OS/c1-3-23-15-9-12(18(27)26-19-24-6-7-28-19)17(16(22)10(15)2)25-14-5-4-11(20)8-13(14)21/h3-9,23,25H,1H2,2H3,(H,24,26,27). The van der Waals surface area contributed by atoms with E-state index >= 15 is 4.39 Å². The van der Waals surface area contributed by atoms with Gasteiger partial charge in [0.05, 0.1) is 22.0 Å². The fourth-order valence-corrected chi connectivity index (χ4v) is 3.73. The number of anilines is 4. The van der Waals surface area contributed by atoms with E-state index in [0.717, 1.165) is 4.47 Å². The van der Waals surface area contributed by atoms with Crippen LogP contribution in [-0.2, 0) is 0 Å². The van der Waals surface area contributed by atoms with Gasteiger partial charge in [0.25, 0.3) is 5.91 Å². The van der Waals surface area contributed by atoms with Crippen LogP contribution in [0.4, 0.5) is 26.6 Å². The first kappa shape index (κ1) is 20.3. The minimum atomic E-state index is -0.574. The molecule has 144 valence electrons. The van der Waals surface area contributed by atoms with E-state index in [4.69, 9.17) is 11.6 Å². The highest BCUT2D eigenvalue weighted by atomic mass is 79.9. The molecule has 0 bridgehead atoms. The Bertz CT molecular complexity index is 1040. The topological polar surface area (TPSA) is 66.0 Å². The molecular formula is C19H15BrClFN4OS. The maximum absolute atomic E-state index is 15.2. The number of benzene rings is 2. The minimum Gasteiger partial charge on any atom is -0.362 e. The van der Waals surface area contributed by atoms with Crippen molar-refractivity contribution >= 4 is 67.0 Å². The Hall–Kier alpha value is -2.42. The molecule has 1 aromatic heterocycles. The van der Waals surface area contributed by atoms with Gasteiger partial charge in [0.1, 0.15) is 0 Å². The third-order valence-corrected chi connectivity index (χ3v) is 5.35. The molecule has 3 N–H and O–H groups in total. The molecule has 28 heavy (non-hydrogen) atoms. The number of halogens is 3. The van der Waals surface area contributed by atoms with Crippen molar-refractivity contribution in [1.29, 1.82) is 0 Å². The summed E-state index contributed by atoms with van der Waals surface area (Å²) >= 11 is 10.8. The highest BCUT2D eigenvalue weighted by Crippen LogP contribution is 2.35. The Morgan fingerprint density at radius 2 is 2.14 bits per heavy atom. The van der Waals surface area contributed by atoms with Crippen LogP contribution in [0.15, 0.2) is 53.1 Å². The Balaban J connectivity index is 2.08. The fourth-order valence-electron chi connectivity index (χ4n) is 2.49. The monoisotopic (exact) mass is 480 g/mol. The minimum absolute atomic E-state index is 0.0189. The lowest BCUT2D eigenvalue weighted by Gasteiger charge is -2.18. The maximum Gasteiger partial charge on any atom is 0.259 e. The van der Waals surface area contributed by atoms with Gasteiger partial charge in [-0.05, 0) is 37.4 Å². The summed E-state index contributed by atoms with van der Waals surface area (Å²) in [5, 5.41) is 11.0. The van der Waals surface area contributed by atoms with Gasteiger partial charge in [-0.2, -0.15) is 0 Å². The smallest absolute Gasteiger partial charge is 0.259 e. The number of nitrogens with zero attached hydrogens (tertiary/aromatic N) is 1. The summed E-state index contributed by atoms with van der Waals surface area (Å²) in [5.41, 5.74) is 1.36. The Morgan fingerprint density at radius 1 is 1.36 bits per heavy atom. The van der Waals surface area contributed by atoms with E-state index in [1.54, 1.807) is 42.8 Å². The number of hydrogen-bond donors (Lipinski definition) is 3. The molecule has 0 spiro atoms. The van der Waals surface area contributed by atoms with Gasteiger partial charge in [0, 0.05) is 27.3 Å². The lowest BCUT2D eigenvalue weighted by Crippen LogP contribution is -2.16. The predicted octanol–water partition coefficient (Wildman–Crippen LogP) is 6.56. The average Bonchev–Trinajstić information content (AvgIpc) is 3.16. The molecule has 0 radical (unpaired) electrons. The van der Waals surface area contributed by atoms with Gasteiger partial charge >= 0.3 is 0 Å². The third-order valence-electron chi connectivity index (χ3n) is 3.86. The van der Waals surface area contributed by atoms with Crippen LogP contribution < -0.4 is 16.0 Å². The molecule has 1 amide bonds. The lowest BCUT2D eigenvalue weighted by atomic mass is 10.0. The number of carbonyl (C=O) groups excluding carboxylic acids is 1. The summed E-state index contributed by atoms with van der Waals surface area (Å²) in [4.78, 5) is 16.9. The summed E-state index contributed by atoms with van der Waals surface area (Å²) in [7, 11) is 0. The molecule has 0 atom stereocenters. The van der Waals surface area contributed by atoms with Crippen molar-refractivity contribution in [2.24, 2.45) is 0 Å². The molecule has 0 aliphatic rings. The van der Waals surface area contributed by atoms with Gasteiger partial charge in [-0.3, -0.25) is 10.1 Å². The SMILES string of the molecule is C=CNc1cc(C(=O)Nc2nccs2)c(Nc2ccc(Br)cc2Cl)c(F)c1C. The predicted molar refractivity (Wildman–Crippen MR) is 117 cm³/mol. The molecular weight excluding hydrogens is 467 g/mol. The van der Waals surface area contributed by atoms with E-state index in [-0.39, 0.29) is 11.3 Å². The molecule has 9 heteroatoms. The Kier molecular flexibility index (Phi) is 6.33. The van der Waals surface area contributed by atoms with Crippen LogP contribution in [0, 0.1) is 12.7 Å². The van der Waals surface area contributed by atoms with E-state index in [1.807, 2.05) is 0 Å². The van der Waals surface area contributed by atoms with Crippen LogP contribution >= 0.6 is 38.9 Å². The lowest BCUT2D eigenvalue weighted by molar-refractivity contribution is 0.102. The summed E-state index contributed by atoms with van der Waals surface area (Å²) in [6, 6.07) is 6.69. The van der Waals surface area contributed by atoms with Gasteiger partial charge in [-0.1, -0.05) is 34.1 Å². The molecule has 3 aromatic rings. The zero-order valence-electron chi connectivity index (χ0n) is 14.6. The quantitative estimate of drug-likeness (QED) is 0.373. The van der Waals surface area contributed by atoms with Gasteiger partial charge in [-0.25, -0.2) is 9.37 Å². The van der Waals surface area contributed by atoms with Gasteiger partial charge in [0.15, 0.2) is 10.9 Å². The summed E-state index contributed by atoms with van der Waals surface area (Å²) in [6.07, 6.45) is 2.99. The number of aromatic nitrogens is 1. The molecule has 0 fully saturated rings. The van der Waals surface area contributed by atoms with Crippen LogP contribution in [0.5, 0.6) is 0 Å². The summed E-state index contributed by atoms with van der Waals surface area (Å²) < 4.78 is 16.0. The first-order valence-corrected chi connectivity index (χ1v) is 10.1. The van der Waals surface area contributed by atoms with Crippen molar-refractivity contribution in [3.63, 3.8) is 0 Å². The van der Waals surface area contributed by atoms with Crippen LogP contribution in [0.3, 0.4) is 0 Å². The molecule has 0 saturated heterocycles. The normalized spacial score (nSPS) is 10.4. The van der Waals surface area contributed by atoms with Crippen molar-refractivity contribution in [1.82, 2.24) is 4.98 Å². The largest absolute Gasteiger partial charge is 0.362 e. The van der Waals surface area contributed by atoms with Crippen molar-refractivity contribution in [3.05, 3.63) is 75.1 Å². The van der Waals surface area contributed by atoms with E-state index < -0.39 is 11.7 Å². The average molecular weight is 482 g/mol. The van der Waals surface area contributed by atoms with Crippen molar-refractivity contribution in [2.45, 2.75) is 6.92 Å². The molecule has 1 heterocycles. The van der Waals surface area contributed by atoms with E-state index in [0.29, 0.717) is 27.1 Å². The maximum atomic E-state index is 15.2. The van der Waals surface area contributed by atoms with Gasteiger partial charge in [0.2, 0.25) is 0 Å². The van der Waals surface area contributed by atoms with Crippen molar-refractivity contribution in [2.75, 3.05) is 16.0 Å². The van der Waals surface area contributed by atoms with Crippen LogP contribution in [0.2, 0.25) is 5.02 Å². The molecule has 2 aromatic carbocycles. The first-order chi connectivity index (χ1) is 13.4. The van der Waals surface area contributed by atoms with Crippen molar-refractivity contribution < 1.29 is 9.18 Å². The summed E-state index contributed by atoms with van der Waals surface area (Å²) in [6.45, 7) is 5.20. The van der Waals surface area contributed by atoms with E-state index in [2.05, 4.69) is 43.4 Å². The number of amides is 1. The molecule has 0 aliphatic heterocycles. The van der Waals surface area contributed by atoms with E-state index in [1.165, 1.54) is 17.5 Å². The zero-order valence-corrected chi connectivity index (χ0v) is 17.8. The zero-order chi connectivity index (χ0) is 20.3. The van der Waals surface area contributed by atoms with E-state index in [9.17, 15) is 4.79 Å². The molecule has 0 saturated carbocycles. The molecule has 5 nitrogen and oxygen atoms in total. The number of rotatable bonds is 6. The van der Waals surface area contributed by atoms with Crippen LogP contribution in [0.1, 0.15) is 15.9 Å². The van der Waals surface area contributed by atoms with Crippen LogP contribution in [0.25, 0.3) is 0 Å². The second kappa shape index (κ2) is 8.72. The second-order valence-corrected chi connectivity index (χ2v) is 7.89. The summed E-state index contributed by atoms with van der Waals surface area (Å²) in [5.74, 6) is -1.08. The van der Waals surface area contributed by atoms with Crippen molar-refractivity contribution in [3.8, 4) is 0 Å². The number of thiazole rings is 1. The fraction of sp³-hybridized carbons (Fsp3) is 0.0526.